The summed E-state index contributed by atoms with van der Waals surface area (Å²) >= 11 is 0. The Labute approximate surface area is 170 Å². The molecule has 1 fully saturated rings. The number of anilines is 2. The Bertz CT molecular complexity index is 893. The van der Waals surface area contributed by atoms with Crippen LogP contribution in [-0.4, -0.2) is 30.4 Å². The summed E-state index contributed by atoms with van der Waals surface area (Å²) < 4.78 is 0. The van der Waals surface area contributed by atoms with Crippen LogP contribution in [0.15, 0.2) is 48.5 Å². The van der Waals surface area contributed by atoms with Gasteiger partial charge in [0.05, 0.1) is 0 Å². The zero-order valence-electron chi connectivity index (χ0n) is 16.7. The number of urea groups is 1. The van der Waals surface area contributed by atoms with Gasteiger partial charge in [-0.2, -0.15) is 0 Å². The van der Waals surface area contributed by atoms with Crippen LogP contribution in [-0.2, 0) is 11.3 Å². The van der Waals surface area contributed by atoms with E-state index in [-0.39, 0.29) is 23.9 Å². The summed E-state index contributed by atoms with van der Waals surface area (Å²) in [6, 6.07) is 14.2. The van der Waals surface area contributed by atoms with Gasteiger partial charge in [0.15, 0.2) is 0 Å². The molecule has 29 heavy (non-hydrogen) atoms. The Hall–Kier alpha value is -3.35. The molecule has 2 aromatic carbocycles. The van der Waals surface area contributed by atoms with Gasteiger partial charge in [0.2, 0.25) is 5.91 Å². The quantitative estimate of drug-likeness (QED) is 0.702. The first-order valence-corrected chi connectivity index (χ1v) is 9.77. The third-order valence-corrected chi connectivity index (χ3v) is 4.58. The summed E-state index contributed by atoms with van der Waals surface area (Å²) in [5, 5.41) is 8.40. The van der Waals surface area contributed by atoms with Gasteiger partial charge in [-0.25, -0.2) is 4.79 Å². The number of rotatable bonds is 6. The van der Waals surface area contributed by atoms with Crippen molar-refractivity contribution in [2.75, 3.05) is 16.8 Å². The van der Waals surface area contributed by atoms with E-state index in [1.807, 2.05) is 44.2 Å². The first-order chi connectivity index (χ1) is 13.9. The summed E-state index contributed by atoms with van der Waals surface area (Å²) in [7, 11) is 0. The maximum absolute atomic E-state index is 12.5. The standard InChI is InChI=1S/C22H26N4O3/c1-15(2)24-22(29)23-14-16-8-10-17(11-9-16)21(28)25-18-5-3-6-19(13-18)26-12-4-7-20(26)27/h3,5-6,8-11,13,15H,4,7,12,14H2,1-2H3,(H,25,28)(H2,23,24,29). The third kappa shape index (κ3) is 5.57. The van der Waals surface area contributed by atoms with Gasteiger partial charge in [-0.15, -0.1) is 0 Å². The van der Waals surface area contributed by atoms with E-state index in [1.165, 1.54) is 0 Å². The van der Waals surface area contributed by atoms with E-state index in [0.717, 1.165) is 17.7 Å². The molecule has 1 aliphatic heterocycles. The minimum Gasteiger partial charge on any atom is -0.336 e. The van der Waals surface area contributed by atoms with Gasteiger partial charge in [0.25, 0.3) is 5.91 Å². The Kier molecular flexibility index (Phi) is 6.49. The second kappa shape index (κ2) is 9.23. The monoisotopic (exact) mass is 394 g/mol. The normalized spacial score (nSPS) is 13.5. The second-order valence-corrected chi connectivity index (χ2v) is 7.33. The first kappa shape index (κ1) is 20.4. The number of carbonyl (C=O) groups excluding carboxylic acids is 3. The number of hydrogen-bond donors (Lipinski definition) is 3. The molecule has 3 N–H and O–H groups in total. The molecule has 152 valence electrons. The number of nitrogens with one attached hydrogen (secondary N) is 3. The predicted octanol–water partition coefficient (Wildman–Crippen LogP) is 3.27. The fraction of sp³-hybridized carbons (Fsp3) is 0.318. The molecule has 3 rings (SSSR count). The summed E-state index contributed by atoms with van der Waals surface area (Å²) in [6.45, 7) is 4.88. The highest BCUT2D eigenvalue weighted by molar-refractivity contribution is 6.05. The van der Waals surface area contributed by atoms with Crippen LogP contribution in [0.1, 0.15) is 42.6 Å². The Morgan fingerprint density at radius 1 is 1.10 bits per heavy atom. The van der Waals surface area contributed by atoms with Crippen molar-refractivity contribution in [3.63, 3.8) is 0 Å². The van der Waals surface area contributed by atoms with Gasteiger partial charge < -0.3 is 20.9 Å². The summed E-state index contributed by atoms with van der Waals surface area (Å²) in [4.78, 5) is 37.8. The molecule has 0 saturated carbocycles. The molecule has 0 bridgehead atoms. The SMILES string of the molecule is CC(C)NC(=O)NCc1ccc(C(=O)Nc2cccc(N3CCCC3=O)c2)cc1. The van der Waals surface area contributed by atoms with Gasteiger partial charge in [0, 0.05) is 42.5 Å². The molecular formula is C22H26N4O3. The Morgan fingerprint density at radius 3 is 2.52 bits per heavy atom. The minimum atomic E-state index is -0.230. The van der Waals surface area contributed by atoms with Gasteiger partial charge in [-0.3, -0.25) is 9.59 Å². The molecule has 1 aliphatic rings. The van der Waals surface area contributed by atoms with Crippen LogP contribution in [0.3, 0.4) is 0 Å². The van der Waals surface area contributed by atoms with Gasteiger partial charge in [0.1, 0.15) is 0 Å². The lowest BCUT2D eigenvalue weighted by molar-refractivity contribution is -0.117. The van der Waals surface area contributed by atoms with E-state index >= 15 is 0 Å². The Balaban J connectivity index is 1.58. The van der Waals surface area contributed by atoms with Crippen LogP contribution in [0.5, 0.6) is 0 Å². The topological polar surface area (TPSA) is 90.5 Å². The molecule has 7 nitrogen and oxygen atoms in total. The van der Waals surface area contributed by atoms with Crippen molar-refractivity contribution in [3.05, 3.63) is 59.7 Å². The minimum absolute atomic E-state index is 0.0724. The molecule has 4 amide bonds. The van der Waals surface area contributed by atoms with E-state index in [1.54, 1.807) is 23.1 Å². The molecule has 0 atom stereocenters. The van der Waals surface area contributed by atoms with Crippen LogP contribution < -0.4 is 20.9 Å². The van der Waals surface area contributed by atoms with E-state index in [4.69, 9.17) is 0 Å². The van der Waals surface area contributed by atoms with Crippen molar-refractivity contribution in [1.82, 2.24) is 10.6 Å². The highest BCUT2D eigenvalue weighted by atomic mass is 16.2. The van der Waals surface area contributed by atoms with Crippen molar-refractivity contribution in [2.45, 2.75) is 39.3 Å². The molecule has 1 saturated heterocycles. The van der Waals surface area contributed by atoms with E-state index in [9.17, 15) is 14.4 Å². The van der Waals surface area contributed by atoms with Crippen molar-refractivity contribution in [3.8, 4) is 0 Å². The average molecular weight is 394 g/mol. The molecule has 7 heteroatoms. The molecule has 0 spiro atoms. The molecular weight excluding hydrogens is 368 g/mol. The number of carbonyl (C=O) groups is 3. The maximum Gasteiger partial charge on any atom is 0.315 e. The lowest BCUT2D eigenvalue weighted by atomic mass is 10.1. The molecule has 0 aliphatic carbocycles. The van der Waals surface area contributed by atoms with Gasteiger partial charge in [-0.1, -0.05) is 18.2 Å². The van der Waals surface area contributed by atoms with Gasteiger partial charge >= 0.3 is 6.03 Å². The molecule has 1 heterocycles. The van der Waals surface area contributed by atoms with Crippen LogP contribution in [0.25, 0.3) is 0 Å². The third-order valence-electron chi connectivity index (χ3n) is 4.58. The zero-order valence-corrected chi connectivity index (χ0v) is 16.7. The van der Waals surface area contributed by atoms with E-state index in [0.29, 0.717) is 30.8 Å². The maximum atomic E-state index is 12.5. The van der Waals surface area contributed by atoms with Crippen LogP contribution in [0.4, 0.5) is 16.2 Å². The van der Waals surface area contributed by atoms with Crippen molar-refractivity contribution >= 4 is 29.2 Å². The van der Waals surface area contributed by atoms with E-state index in [2.05, 4.69) is 16.0 Å². The summed E-state index contributed by atoms with van der Waals surface area (Å²) in [5.41, 5.74) is 2.85. The highest BCUT2D eigenvalue weighted by Gasteiger charge is 2.21. The van der Waals surface area contributed by atoms with Crippen molar-refractivity contribution < 1.29 is 14.4 Å². The lowest BCUT2D eigenvalue weighted by Crippen LogP contribution is -2.39. The molecule has 0 unspecified atom stereocenters. The predicted molar refractivity (Wildman–Crippen MR) is 113 cm³/mol. The largest absolute Gasteiger partial charge is 0.336 e. The number of amides is 4. The second-order valence-electron chi connectivity index (χ2n) is 7.33. The van der Waals surface area contributed by atoms with Crippen LogP contribution in [0.2, 0.25) is 0 Å². The molecule has 0 aromatic heterocycles. The zero-order chi connectivity index (χ0) is 20.8. The fourth-order valence-electron chi connectivity index (χ4n) is 3.15. The average Bonchev–Trinajstić information content (AvgIpc) is 3.12. The van der Waals surface area contributed by atoms with Crippen molar-refractivity contribution in [2.24, 2.45) is 0 Å². The number of benzene rings is 2. The smallest absolute Gasteiger partial charge is 0.315 e. The van der Waals surface area contributed by atoms with Crippen molar-refractivity contribution in [1.29, 1.82) is 0 Å². The molecule has 0 radical (unpaired) electrons. The summed E-state index contributed by atoms with van der Waals surface area (Å²) in [6.07, 6.45) is 1.42. The summed E-state index contributed by atoms with van der Waals surface area (Å²) in [5.74, 6) is -0.119. The lowest BCUT2D eigenvalue weighted by Gasteiger charge is -2.16. The molecule has 2 aromatic rings. The first-order valence-electron chi connectivity index (χ1n) is 9.77. The van der Waals surface area contributed by atoms with Gasteiger partial charge in [-0.05, 0) is 56.2 Å². The van der Waals surface area contributed by atoms with Crippen LogP contribution in [0, 0.1) is 0 Å². The van der Waals surface area contributed by atoms with Crippen LogP contribution >= 0.6 is 0 Å². The number of hydrogen-bond acceptors (Lipinski definition) is 3. The fourth-order valence-corrected chi connectivity index (χ4v) is 3.15. The Morgan fingerprint density at radius 2 is 1.86 bits per heavy atom. The highest BCUT2D eigenvalue weighted by Crippen LogP contribution is 2.24. The van der Waals surface area contributed by atoms with E-state index < -0.39 is 0 Å². The number of nitrogens with zero attached hydrogens (tertiary/aromatic N) is 1.